The Morgan fingerprint density at radius 3 is 3.06 bits per heavy atom. The molecule has 1 aromatic rings. The fourth-order valence-corrected chi connectivity index (χ4v) is 1.29. The number of aliphatic imine (C=N–C) groups is 1. The Labute approximate surface area is 95.3 Å². The first-order chi connectivity index (χ1) is 7.77. The van der Waals surface area contributed by atoms with Crippen molar-refractivity contribution in [2.24, 2.45) is 4.99 Å². The number of guanidine groups is 1. The van der Waals surface area contributed by atoms with Gasteiger partial charge in [-0.05, 0) is 0 Å². The molecule has 0 amide bonds. The summed E-state index contributed by atoms with van der Waals surface area (Å²) in [5.74, 6) is 0.806. The van der Waals surface area contributed by atoms with E-state index in [0.717, 1.165) is 18.2 Å². The SMILES string of the molecule is CN=C(NCCOC)N(C)Cc1ccon1. The number of hydrogen-bond donors (Lipinski definition) is 1. The lowest BCUT2D eigenvalue weighted by Gasteiger charge is -2.20. The Bertz CT molecular complexity index is 311. The van der Waals surface area contributed by atoms with Crippen LogP contribution < -0.4 is 5.32 Å². The van der Waals surface area contributed by atoms with Crippen molar-refractivity contribution in [2.75, 3.05) is 34.4 Å². The van der Waals surface area contributed by atoms with Gasteiger partial charge < -0.3 is 19.5 Å². The highest BCUT2D eigenvalue weighted by Crippen LogP contribution is 1.99. The van der Waals surface area contributed by atoms with E-state index in [4.69, 9.17) is 9.26 Å². The van der Waals surface area contributed by atoms with Crippen molar-refractivity contribution in [3.63, 3.8) is 0 Å². The second-order valence-electron chi connectivity index (χ2n) is 3.31. The quantitative estimate of drug-likeness (QED) is 0.445. The molecule has 0 aromatic carbocycles. The maximum atomic E-state index is 4.96. The normalized spacial score (nSPS) is 11.6. The van der Waals surface area contributed by atoms with Gasteiger partial charge in [-0.2, -0.15) is 0 Å². The molecule has 6 heteroatoms. The largest absolute Gasteiger partial charge is 0.383 e. The van der Waals surface area contributed by atoms with Crippen LogP contribution in [0.2, 0.25) is 0 Å². The lowest BCUT2D eigenvalue weighted by Crippen LogP contribution is -2.39. The van der Waals surface area contributed by atoms with Crippen molar-refractivity contribution < 1.29 is 9.26 Å². The summed E-state index contributed by atoms with van der Waals surface area (Å²) >= 11 is 0. The lowest BCUT2D eigenvalue weighted by molar-refractivity contribution is 0.203. The fourth-order valence-electron chi connectivity index (χ4n) is 1.29. The van der Waals surface area contributed by atoms with E-state index in [-0.39, 0.29) is 0 Å². The number of methoxy groups -OCH3 is 1. The van der Waals surface area contributed by atoms with E-state index in [0.29, 0.717) is 13.2 Å². The Kier molecular flexibility index (Phi) is 5.35. The topological polar surface area (TPSA) is 62.9 Å². The van der Waals surface area contributed by atoms with Gasteiger partial charge >= 0.3 is 0 Å². The number of ether oxygens (including phenoxy) is 1. The molecule has 0 radical (unpaired) electrons. The molecule has 16 heavy (non-hydrogen) atoms. The maximum Gasteiger partial charge on any atom is 0.193 e. The van der Waals surface area contributed by atoms with E-state index < -0.39 is 0 Å². The molecule has 1 rings (SSSR count). The zero-order valence-corrected chi connectivity index (χ0v) is 9.93. The van der Waals surface area contributed by atoms with Crippen LogP contribution in [0, 0.1) is 0 Å². The van der Waals surface area contributed by atoms with E-state index in [1.165, 1.54) is 0 Å². The van der Waals surface area contributed by atoms with Gasteiger partial charge in [0.05, 0.1) is 13.2 Å². The lowest BCUT2D eigenvalue weighted by atomic mass is 10.4. The first kappa shape index (κ1) is 12.5. The molecule has 1 aromatic heterocycles. The Balaban J connectivity index is 2.40. The second kappa shape index (κ2) is 6.84. The molecule has 0 fully saturated rings. The summed E-state index contributed by atoms with van der Waals surface area (Å²) in [6.07, 6.45) is 1.56. The number of hydrogen-bond acceptors (Lipinski definition) is 4. The molecule has 0 aliphatic rings. The highest BCUT2D eigenvalue weighted by atomic mass is 16.5. The third-order valence-corrected chi connectivity index (χ3v) is 2.05. The molecular formula is C10H18N4O2. The average molecular weight is 226 g/mol. The van der Waals surface area contributed by atoms with Crippen molar-refractivity contribution in [2.45, 2.75) is 6.54 Å². The summed E-state index contributed by atoms with van der Waals surface area (Å²) in [7, 11) is 5.36. The Morgan fingerprint density at radius 1 is 1.69 bits per heavy atom. The van der Waals surface area contributed by atoms with Crippen molar-refractivity contribution in [1.82, 2.24) is 15.4 Å². The van der Waals surface area contributed by atoms with Gasteiger partial charge in [-0.15, -0.1) is 0 Å². The van der Waals surface area contributed by atoms with Gasteiger partial charge in [-0.3, -0.25) is 4.99 Å². The smallest absolute Gasteiger partial charge is 0.193 e. The van der Waals surface area contributed by atoms with Gasteiger partial charge in [0, 0.05) is 33.8 Å². The molecule has 6 nitrogen and oxygen atoms in total. The summed E-state index contributed by atoms with van der Waals surface area (Å²) in [4.78, 5) is 6.12. The van der Waals surface area contributed by atoms with E-state index in [9.17, 15) is 0 Å². The molecule has 0 spiro atoms. The van der Waals surface area contributed by atoms with E-state index in [1.54, 1.807) is 20.4 Å². The summed E-state index contributed by atoms with van der Waals surface area (Å²) < 4.78 is 9.73. The summed E-state index contributed by atoms with van der Waals surface area (Å²) in [6, 6.07) is 1.83. The van der Waals surface area contributed by atoms with Crippen molar-refractivity contribution in [3.05, 3.63) is 18.0 Å². The second-order valence-corrected chi connectivity index (χ2v) is 3.31. The number of nitrogens with zero attached hydrogens (tertiary/aromatic N) is 3. The minimum Gasteiger partial charge on any atom is -0.383 e. The van der Waals surface area contributed by atoms with Crippen LogP contribution in [0.4, 0.5) is 0 Å². The third-order valence-electron chi connectivity index (χ3n) is 2.05. The van der Waals surface area contributed by atoms with Gasteiger partial charge in [-0.25, -0.2) is 0 Å². The number of nitrogens with one attached hydrogen (secondary N) is 1. The Hall–Kier alpha value is -1.56. The Morgan fingerprint density at radius 2 is 2.50 bits per heavy atom. The monoisotopic (exact) mass is 226 g/mol. The first-order valence-electron chi connectivity index (χ1n) is 5.08. The fraction of sp³-hybridized carbons (Fsp3) is 0.600. The zero-order chi connectivity index (χ0) is 11.8. The molecule has 0 atom stereocenters. The number of aromatic nitrogens is 1. The van der Waals surface area contributed by atoms with Crippen molar-refractivity contribution in [1.29, 1.82) is 0 Å². The van der Waals surface area contributed by atoms with E-state index >= 15 is 0 Å². The van der Waals surface area contributed by atoms with Crippen LogP contribution in [0.5, 0.6) is 0 Å². The molecule has 0 saturated heterocycles. The van der Waals surface area contributed by atoms with Crippen LogP contribution in [-0.4, -0.2) is 50.4 Å². The van der Waals surface area contributed by atoms with Crippen molar-refractivity contribution >= 4 is 5.96 Å². The van der Waals surface area contributed by atoms with Crippen LogP contribution >= 0.6 is 0 Å². The molecule has 0 bridgehead atoms. The van der Waals surface area contributed by atoms with Gasteiger partial charge in [0.1, 0.15) is 12.0 Å². The molecule has 0 unspecified atom stereocenters. The summed E-state index contributed by atoms with van der Waals surface area (Å²) in [6.45, 7) is 2.03. The predicted octanol–water partition coefficient (Wildman–Crippen LogP) is 0.328. The van der Waals surface area contributed by atoms with Gasteiger partial charge in [0.15, 0.2) is 5.96 Å². The predicted molar refractivity (Wildman–Crippen MR) is 61.2 cm³/mol. The van der Waals surface area contributed by atoms with E-state index in [1.807, 2.05) is 18.0 Å². The van der Waals surface area contributed by atoms with Gasteiger partial charge in [0.25, 0.3) is 0 Å². The minimum absolute atomic E-state index is 0.650. The minimum atomic E-state index is 0.650. The molecular weight excluding hydrogens is 208 g/mol. The average Bonchev–Trinajstić information content (AvgIpc) is 2.77. The van der Waals surface area contributed by atoms with Crippen molar-refractivity contribution in [3.8, 4) is 0 Å². The maximum absolute atomic E-state index is 4.96. The van der Waals surface area contributed by atoms with Gasteiger partial charge in [-0.1, -0.05) is 5.16 Å². The molecule has 0 aliphatic carbocycles. The zero-order valence-electron chi connectivity index (χ0n) is 9.93. The van der Waals surface area contributed by atoms with Crippen LogP contribution in [0.1, 0.15) is 5.69 Å². The van der Waals surface area contributed by atoms with Crippen LogP contribution in [0.25, 0.3) is 0 Å². The third kappa shape index (κ3) is 3.90. The molecule has 90 valence electrons. The van der Waals surface area contributed by atoms with Crippen LogP contribution in [0.3, 0.4) is 0 Å². The highest BCUT2D eigenvalue weighted by molar-refractivity contribution is 5.79. The van der Waals surface area contributed by atoms with Crippen LogP contribution in [-0.2, 0) is 11.3 Å². The summed E-state index contributed by atoms with van der Waals surface area (Å²) in [5, 5.41) is 7.02. The molecule has 1 N–H and O–H groups in total. The van der Waals surface area contributed by atoms with Crippen LogP contribution in [0.15, 0.2) is 21.8 Å². The standard InChI is InChI=1S/C10H18N4O2/c1-11-10(12-5-7-15-3)14(2)8-9-4-6-16-13-9/h4,6H,5,7-8H2,1-3H3,(H,11,12). The molecule has 1 heterocycles. The summed E-state index contributed by atoms with van der Waals surface area (Å²) in [5.41, 5.74) is 0.872. The van der Waals surface area contributed by atoms with Gasteiger partial charge in [0.2, 0.25) is 0 Å². The highest BCUT2D eigenvalue weighted by Gasteiger charge is 2.07. The molecule has 0 aliphatic heterocycles. The number of rotatable bonds is 5. The van der Waals surface area contributed by atoms with E-state index in [2.05, 4.69) is 15.5 Å². The molecule has 0 saturated carbocycles. The first-order valence-corrected chi connectivity index (χ1v) is 5.08.